The number of ether oxygens (including phenoxy) is 1. The molecule has 1 fully saturated rings. The summed E-state index contributed by atoms with van der Waals surface area (Å²) in [6.45, 7) is 8.06. The molecular formula is C33H35Cl2FN4O4. The highest BCUT2D eigenvalue weighted by molar-refractivity contribution is 6.31. The number of likely N-dealkylation sites (tertiary alicyclic amines) is 1. The molecule has 0 saturated carbocycles. The number of rotatable bonds is 8. The van der Waals surface area contributed by atoms with Crippen LogP contribution in [0.15, 0.2) is 72.9 Å². The van der Waals surface area contributed by atoms with E-state index < -0.39 is 11.5 Å². The molecular weight excluding hydrogens is 606 g/mol. The second-order valence-corrected chi connectivity index (χ2v) is 12.1. The Morgan fingerprint density at radius 1 is 1.05 bits per heavy atom. The van der Waals surface area contributed by atoms with Crippen LogP contribution in [-0.4, -0.2) is 50.9 Å². The number of hydrogen-bond acceptors (Lipinski definition) is 5. The first-order chi connectivity index (χ1) is 20.5. The number of carbonyl (C=O) groups is 2. The van der Waals surface area contributed by atoms with E-state index in [0.717, 1.165) is 31.5 Å². The van der Waals surface area contributed by atoms with Crippen molar-refractivity contribution in [2.24, 2.45) is 0 Å². The van der Waals surface area contributed by atoms with Gasteiger partial charge in [-0.25, -0.2) is 9.18 Å². The quantitative estimate of drug-likeness (QED) is 0.207. The largest absolute Gasteiger partial charge is 0.489 e. The molecule has 4 aromatic rings. The smallest absolute Gasteiger partial charge is 0.339 e. The zero-order valence-corrected chi connectivity index (χ0v) is 26.3. The molecule has 3 aromatic carbocycles. The molecule has 1 aliphatic rings. The third kappa shape index (κ3) is 7.59. The molecule has 11 heteroatoms. The summed E-state index contributed by atoms with van der Waals surface area (Å²) in [4.78, 5) is 27.3. The standard InChI is InChI=1S/C33H34ClFN4O4.ClH/c1-33(2,3)39-30(21-8-10-23(35)11-9-21)27(19-36-39)31(40)37-24-12-13-28(34)22(18-24)20-38-16-14-25(15-17-38)43-29-7-5-4-6-26(29)32(41)42;/h4-13,18-19,25H,14-17,20H2,1-3H3,(H,37,40)(H,41,42);1H. The number of piperidine rings is 1. The Hall–Kier alpha value is -3.92. The first-order valence-corrected chi connectivity index (χ1v) is 14.5. The predicted molar refractivity (Wildman–Crippen MR) is 172 cm³/mol. The third-order valence-electron chi connectivity index (χ3n) is 7.41. The number of aromatic carboxylic acids is 1. The predicted octanol–water partition coefficient (Wildman–Crippen LogP) is 7.51. The minimum atomic E-state index is -1.01. The van der Waals surface area contributed by atoms with E-state index in [1.54, 1.807) is 53.2 Å². The van der Waals surface area contributed by atoms with Crippen LogP contribution in [0.3, 0.4) is 0 Å². The van der Waals surface area contributed by atoms with Crippen molar-refractivity contribution in [3.05, 3.63) is 100 Å². The minimum absolute atomic E-state index is 0. The Morgan fingerprint density at radius 3 is 2.39 bits per heavy atom. The van der Waals surface area contributed by atoms with Crippen molar-refractivity contribution >= 4 is 41.6 Å². The van der Waals surface area contributed by atoms with Crippen LogP contribution >= 0.6 is 24.0 Å². The molecule has 1 saturated heterocycles. The summed E-state index contributed by atoms with van der Waals surface area (Å²) >= 11 is 6.56. The van der Waals surface area contributed by atoms with Crippen LogP contribution in [0.1, 0.15) is 59.9 Å². The number of carboxylic acids is 1. The van der Waals surface area contributed by atoms with Crippen LogP contribution in [-0.2, 0) is 12.1 Å². The Bertz CT molecular complexity index is 1630. The van der Waals surface area contributed by atoms with Crippen molar-refractivity contribution in [2.75, 3.05) is 18.4 Å². The SMILES string of the molecule is CC(C)(C)n1ncc(C(=O)Nc2ccc(Cl)c(CN3CCC(Oc4ccccc4C(=O)O)CC3)c2)c1-c1ccc(F)cc1.Cl. The number of nitrogens with zero attached hydrogens (tertiary/aromatic N) is 3. The van der Waals surface area contributed by atoms with E-state index in [-0.39, 0.29) is 35.8 Å². The number of carboxylic acid groups (broad SMARTS) is 1. The third-order valence-corrected chi connectivity index (χ3v) is 7.78. The summed E-state index contributed by atoms with van der Waals surface area (Å²) in [5, 5.41) is 17.5. The topological polar surface area (TPSA) is 96.7 Å². The van der Waals surface area contributed by atoms with Crippen LogP contribution in [0.4, 0.5) is 10.1 Å². The zero-order chi connectivity index (χ0) is 30.7. The maximum Gasteiger partial charge on any atom is 0.339 e. The summed E-state index contributed by atoms with van der Waals surface area (Å²) in [6.07, 6.45) is 2.94. The average Bonchev–Trinajstić information content (AvgIpc) is 3.43. The van der Waals surface area contributed by atoms with Gasteiger partial charge >= 0.3 is 5.97 Å². The molecule has 5 rings (SSSR count). The number of carbonyl (C=O) groups excluding carboxylic acids is 1. The number of benzene rings is 3. The monoisotopic (exact) mass is 640 g/mol. The molecule has 0 aliphatic carbocycles. The van der Waals surface area contributed by atoms with Gasteiger partial charge < -0.3 is 15.2 Å². The number of nitrogens with one attached hydrogen (secondary N) is 1. The van der Waals surface area contributed by atoms with Gasteiger partial charge in [0.15, 0.2) is 0 Å². The molecule has 1 amide bonds. The minimum Gasteiger partial charge on any atom is -0.489 e. The molecule has 1 aromatic heterocycles. The van der Waals surface area contributed by atoms with E-state index in [2.05, 4.69) is 15.3 Å². The van der Waals surface area contributed by atoms with Crippen molar-refractivity contribution < 1.29 is 23.8 Å². The molecule has 8 nitrogen and oxygen atoms in total. The van der Waals surface area contributed by atoms with Gasteiger partial charge in [-0.3, -0.25) is 14.4 Å². The van der Waals surface area contributed by atoms with Gasteiger partial charge in [0.1, 0.15) is 23.2 Å². The van der Waals surface area contributed by atoms with Crippen molar-refractivity contribution in [3.8, 4) is 17.0 Å². The van der Waals surface area contributed by atoms with Crippen LogP contribution in [0.25, 0.3) is 11.3 Å². The number of hydrogen-bond donors (Lipinski definition) is 2. The Morgan fingerprint density at radius 2 is 1.73 bits per heavy atom. The summed E-state index contributed by atoms with van der Waals surface area (Å²) < 4.78 is 21.5. The maximum absolute atomic E-state index is 13.7. The summed E-state index contributed by atoms with van der Waals surface area (Å²) in [5.41, 5.74) is 2.90. The fraction of sp³-hybridized carbons (Fsp3) is 0.303. The Labute approximate surface area is 267 Å². The highest BCUT2D eigenvalue weighted by atomic mass is 35.5. The number of para-hydroxylation sites is 1. The van der Waals surface area contributed by atoms with Crippen LogP contribution < -0.4 is 10.1 Å². The van der Waals surface area contributed by atoms with E-state index in [1.807, 2.05) is 26.8 Å². The normalized spacial score (nSPS) is 14.1. The molecule has 2 heterocycles. The average molecular weight is 642 g/mol. The van der Waals surface area contributed by atoms with Crippen molar-refractivity contribution in [1.82, 2.24) is 14.7 Å². The highest BCUT2D eigenvalue weighted by Gasteiger charge is 2.26. The fourth-order valence-corrected chi connectivity index (χ4v) is 5.41. The lowest BCUT2D eigenvalue weighted by atomic mass is 10.0. The van der Waals surface area contributed by atoms with Crippen LogP contribution in [0, 0.1) is 5.82 Å². The van der Waals surface area contributed by atoms with Gasteiger partial charge in [-0.2, -0.15) is 5.10 Å². The van der Waals surface area contributed by atoms with E-state index >= 15 is 0 Å². The highest BCUT2D eigenvalue weighted by Crippen LogP contribution is 2.31. The van der Waals surface area contributed by atoms with Gasteiger partial charge in [0, 0.05) is 35.9 Å². The molecule has 1 aliphatic heterocycles. The van der Waals surface area contributed by atoms with Crippen molar-refractivity contribution in [3.63, 3.8) is 0 Å². The van der Waals surface area contributed by atoms with Gasteiger partial charge in [-0.05, 0) is 93.8 Å². The molecule has 0 radical (unpaired) electrons. The van der Waals surface area contributed by atoms with Gasteiger partial charge in [-0.1, -0.05) is 23.7 Å². The van der Waals surface area contributed by atoms with Crippen molar-refractivity contribution in [2.45, 2.75) is 51.8 Å². The molecule has 44 heavy (non-hydrogen) atoms. The van der Waals surface area contributed by atoms with E-state index in [4.69, 9.17) is 16.3 Å². The summed E-state index contributed by atoms with van der Waals surface area (Å²) in [6, 6.07) is 18.1. The van der Waals surface area contributed by atoms with Gasteiger partial charge in [0.05, 0.1) is 23.0 Å². The lowest BCUT2D eigenvalue weighted by Gasteiger charge is -2.32. The molecule has 0 unspecified atom stereocenters. The number of amides is 1. The first kappa shape index (κ1) is 33.0. The van der Waals surface area contributed by atoms with Gasteiger partial charge in [-0.15, -0.1) is 12.4 Å². The van der Waals surface area contributed by atoms with Gasteiger partial charge in [0.2, 0.25) is 0 Å². The fourth-order valence-electron chi connectivity index (χ4n) is 5.23. The Kier molecular flexibility index (Phi) is 10.3. The second-order valence-electron chi connectivity index (χ2n) is 11.7. The molecule has 2 N–H and O–H groups in total. The van der Waals surface area contributed by atoms with Crippen LogP contribution in [0.2, 0.25) is 5.02 Å². The number of aromatic nitrogens is 2. The van der Waals surface area contributed by atoms with Crippen molar-refractivity contribution in [1.29, 1.82) is 0 Å². The maximum atomic E-state index is 13.7. The molecule has 232 valence electrons. The Balaban J connectivity index is 0.00000442. The lowest BCUT2D eigenvalue weighted by molar-refractivity contribution is 0.0675. The zero-order valence-electron chi connectivity index (χ0n) is 24.7. The van der Waals surface area contributed by atoms with Crippen LogP contribution in [0.5, 0.6) is 5.75 Å². The number of halogens is 3. The molecule has 0 spiro atoms. The second kappa shape index (κ2) is 13.8. The summed E-state index contributed by atoms with van der Waals surface area (Å²) in [5.74, 6) is -1.31. The van der Waals surface area contributed by atoms with Gasteiger partial charge in [0.25, 0.3) is 5.91 Å². The summed E-state index contributed by atoms with van der Waals surface area (Å²) in [7, 11) is 0. The van der Waals surface area contributed by atoms with E-state index in [9.17, 15) is 19.1 Å². The first-order valence-electron chi connectivity index (χ1n) is 14.1. The molecule has 0 atom stereocenters. The lowest BCUT2D eigenvalue weighted by Crippen LogP contribution is -2.38. The van der Waals surface area contributed by atoms with E-state index in [0.29, 0.717) is 39.8 Å². The number of anilines is 1. The molecule has 0 bridgehead atoms. The van der Waals surface area contributed by atoms with E-state index in [1.165, 1.54) is 18.3 Å².